The summed E-state index contributed by atoms with van der Waals surface area (Å²) in [5.74, 6) is 0.467. The Balaban J connectivity index is 1.60. The lowest BCUT2D eigenvalue weighted by molar-refractivity contribution is -0.137. The highest BCUT2D eigenvalue weighted by molar-refractivity contribution is 9.10. The fraction of sp³-hybridized carbons (Fsp3) is 0.692. The zero-order valence-corrected chi connectivity index (χ0v) is 12.4. The average molecular weight is 328 g/mol. The summed E-state index contributed by atoms with van der Waals surface area (Å²) in [7, 11) is 0. The van der Waals surface area contributed by atoms with Crippen LogP contribution in [0.15, 0.2) is 16.9 Å². The van der Waals surface area contributed by atoms with Gasteiger partial charge in [-0.3, -0.25) is 9.48 Å². The van der Waals surface area contributed by atoms with Gasteiger partial charge in [-0.25, -0.2) is 0 Å². The van der Waals surface area contributed by atoms with E-state index in [2.05, 4.69) is 21.0 Å². The van der Waals surface area contributed by atoms with Gasteiger partial charge in [-0.1, -0.05) is 0 Å². The van der Waals surface area contributed by atoms with Gasteiger partial charge in [0.15, 0.2) is 0 Å². The highest BCUT2D eigenvalue weighted by Crippen LogP contribution is 2.26. The predicted octanol–water partition coefficient (Wildman–Crippen LogP) is 1.85. The molecule has 1 unspecified atom stereocenters. The zero-order valence-electron chi connectivity index (χ0n) is 10.8. The lowest BCUT2D eigenvalue weighted by Crippen LogP contribution is -2.37. The zero-order chi connectivity index (χ0) is 13.2. The third kappa shape index (κ3) is 2.84. The van der Waals surface area contributed by atoms with Crippen LogP contribution in [-0.4, -0.2) is 46.9 Å². The number of hydrogen-bond donors (Lipinski definition) is 0. The molecule has 0 radical (unpaired) electrons. The number of nitrogens with zero attached hydrogens (tertiary/aromatic N) is 3. The lowest BCUT2D eigenvalue weighted by atomic mass is 9.99. The van der Waals surface area contributed by atoms with Crippen LogP contribution in [-0.2, 0) is 9.53 Å². The van der Waals surface area contributed by atoms with E-state index in [9.17, 15) is 4.79 Å². The Hall–Kier alpha value is -0.880. The van der Waals surface area contributed by atoms with E-state index >= 15 is 0 Å². The van der Waals surface area contributed by atoms with Crippen LogP contribution < -0.4 is 0 Å². The molecule has 0 N–H and O–H groups in total. The van der Waals surface area contributed by atoms with Gasteiger partial charge in [-0.2, -0.15) is 5.10 Å². The van der Waals surface area contributed by atoms with Crippen molar-refractivity contribution in [2.24, 2.45) is 5.92 Å². The standard InChI is InChI=1S/C13H18BrN3O2/c14-11-7-15-17(8-11)12-1-4-16(9-12)13(18)10-2-5-19-6-3-10/h7-8,10,12H,1-6,9H2. The molecule has 19 heavy (non-hydrogen) atoms. The summed E-state index contributed by atoms with van der Waals surface area (Å²) in [6.45, 7) is 3.07. The van der Waals surface area contributed by atoms with E-state index in [1.807, 2.05) is 15.8 Å². The summed E-state index contributed by atoms with van der Waals surface area (Å²) in [6, 6.07) is 0.315. The van der Waals surface area contributed by atoms with Crippen molar-refractivity contribution >= 4 is 21.8 Å². The Kier molecular flexibility index (Phi) is 3.88. The van der Waals surface area contributed by atoms with Crippen molar-refractivity contribution in [1.29, 1.82) is 0 Å². The molecule has 104 valence electrons. The van der Waals surface area contributed by atoms with E-state index in [-0.39, 0.29) is 5.92 Å². The molecule has 1 atom stereocenters. The van der Waals surface area contributed by atoms with Gasteiger partial charge in [0.05, 0.1) is 16.7 Å². The van der Waals surface area contributed by atoms with E-state index in [1.54, 1.807) is 6.20 Å². The van der Waals surface area contributed by atoms with Crippen molar-refractivity contribution in [3.8, 4) is 0 Å². The van der Waals surface area contributed by atoms with E-state index in [0.29, 0.717) is 11.9 Å². The Morgan fingerprint density at radius 2 is 2.16 bits per heavy atom. The predicted molar refractivity (Wildman–Crippen MR) is 73.7 cm³/mol. The van der Waals surface area contributed by atoms with Crippen LogP contribution in [0.3, 0.4) is 0 Å². The third-order valence-corrected chi connectivity index (χ3v) is 4.40. The number of carbonyl (C=O) groups excluding carboxylic acids is 1. The maximum atomic E-state index is 12.4. The van der Waals surface area contributed by atoms with Crippen molar-refractivity contribution in [2.75, 3.05) is 26.3 Å². The molecule has 6 heteroatoms. The maximum absolute atomic E-state index is 12.4. The van der Waals surface area contributed by atoms with Crippen LogP contribution in [0.4, 0.5) is 0 Å². The molecular weight excluding hydrogens is 310 g/mol. The highest BCUT2D eigenvalue weighted by Gasteiger charge is 2.32. The van der Waals surface area contributed by atoms with Crippen LogP contribution >= 0.6 is 15.9 Å². The van der Waals surface area contributed by atoms with Gasteiger partial charge < -0.3 is 9.64 Å². The largest absolute Gasteiger partial charge is 0.381 e. The molecule has 2 saturated heterocycles. The number of halogens is 1. The summed E-state index contributed by atoms with van der Waals surface area (Å²) < 4.78 is 8.26. The Labute approximate surface area is 121 Å². The topological polar surface area (TPSA) is 47.4 Å². The summed E-state index contributed by atoms with van der Waals surface area (Å²) in [4.78, 5) is 14.4. The highest BCUT2D eigenvalue weighted by atomic mass is 79.9. The minimum absolute atomic E-state index is 0.164. The number of hydrogen-bond acceptors (Lipinski definition) is 3. The first-order valence-electron chi connectivity index (χ1n) is 6.80. The van der Waals surface area contributed by atoms with Gasteiger partial charge in [0.2, 0.25) is 5.91 Å². The molecule has 2 fully saturated rings. The van der Waals surface area contributed by atoms with Crippen molar-refractivity contribution < 1.29 is 9.53 Å². The molecule has 0 spiro atoms. The van der Waals surface area contributed by atoms with Crippen molar-refractivity contribution in [3.05, 3.63) is 16.9 Å². The lowest BCUT2D eigenvalue weighted by Gasteiger charge is -2.26. The van der Waals surface area contributed by atoms with Gasteiger partial charge in [0.1, 0.15) is 0 Å². The first kappa shape index (κ1) is 13.1. The molecule has 3 heterocycles. The molecule has 0 bridgehead atoms. The number of rotatable bonds is 2. The van der Waals surface area contributed by atoms with Crippen LogP contribution in [0.2, 0.25) is 0 Å². The molecule has 1 amide bonds. The molecular formula is C13H18BrN3O2. The van der Waals surface area contributed by atoms with E-state index in [1.165, 1.54) is 0 Å². The molecule has 0 saturated carbocycles. The summed E-state index contributed by atoms with van der Waals surface area (Å²) in [6.07, 6.45) is 6.50. The second-order valence-corrected chi connectivity index (χ2v) is 6.17. The second-order valence-electron chi connectivity index (χ2n) is 5.25. The van der Waals surface area contributed by atoms with Crippen LogP contribution in [0.1, 0.15) is 25.3 Å². The third-order valence-electron chi connectivity index (χ3n) is 3.99. The number of aromatic nitrogens is 2. The van der Waals surface area contributed by atoms with Gasteiger partial charge in [0, 0.05) is 38.4 Å². The molecule has 5 nitrogen and oxygen atoms in total. The van der Waals surface area contributed by atoms with Crippen LogP contribution in [0, 0.1) is 5.92 Å². The molecule has 0 aromatic carbocycles. The normalized spacial score (nSPS) is 24.9. The Bertz CT molecular complexity index is 456. The quantitative estimate of drug-likeness (QED) is 0.832. The summed E-state index contributed by atoms with van der Waals surface area (Å²) in [5, 5.41) is 4.32. The smallest absolute Gasteiger partial charge is 0.225 e. The molecule has 1 aromatic heterocycles. The summed E-state index contributed by atoms with van der Waals surface area (Å²) in [5.41, 5.74) is 0. The summed E-state index contributed by atoms with van der Waals surface area (Å²) >= 11 is 3.41. The first-order chi connectivity index (χ1) is 9.24. The minimum Gasteiger partial charge on any atom is -0.381 e. The fourth-order valence-corrected chi connectivity index (χ4v) is 3.18. The molecule has 3 rings (SSSR count). The molecule has 2 aliphatic heterocycles. The Morgan fingerprint density at radius 1 is 1.37 bits per heavy atom. The van der Waals surface area contributed by atoms with Gasteiger partial charge in [-0.15, -0.1) is 0 Å². The number of carbonyl (C=O) groups is 1. The minimum atomic E-state index is 0.164. The monoisotopic (exact) mass is 327 g/mol. The van der Waals surface area contributed by atoms with Crippen molar-refractivity contribution in [3.63, 3.8) is 0 Å². The second kappa shape index (κ2) is 5.63. The van der Waals surface area contributed by atoms with Crippen LogP contribution in [0.5, 0.6) is 0 Å². The van der Waals surface area contributed by atoms with Crippen molar-refractivity contribution in [2.45, 2.75) is 25.3 Å². The fourth-order valence-electron chi connectivity index (χ4n) is 2.88. The van der Waals surface area contributed by atoms with E-state index in [4.69, 9.17) is 4.74 Å². The molecule has 1 aromatic rings. The van der Waals surface area contributed by atoms with Gasteiger partial charge in [-0.05, 0) is 35.2 Å². The number of ether oxygens (including phenoxy) is 1. The average Bonchev–Trinajstić information content (AvgIpc) is 3.07. The molecule has 0 aliphatic carbocycles. The Morgan fingerprint density at radius 3 is 2.84 bits per heavy atom. The maximum Gasteiger partial charge on any atom is 0.225 e. The number of likely N-dealkylation sites (tertiary alicyclic amines) is 1. The SMILES string of the molecule is O=C(C1CCOCC1)N1CCC(n2cc(Br)cn2)C1. The first-order valence-corrected chi connectivity index (χ1v) is 7.59. The van der Waals surface area contributed by atoms with E-state index < -0.39 is 0 Å². The van der Waals surface area contributed by atoms with Gasteiger partial charge >= 0.3 is 0 Å². The molecule has 2 aliphatic rings. The van der Waals surface area contributed by atoms with Crippen molar-refractivity contribution in [1.82, 2.24) is 14.7 Å². The number of amides is 1. The van der Waals surface area contributed by atoms with Crippen LogP contribution in [0.25, 0.3) is 0 Å². The van der Waals surface area contributed by atoms with E-state index in [0.717, 1.165) is 50.0 Å². The van der Waals surface area contributed by atoms with Gasteiger partial charge in [0.25, 0.3) is 0 Å².